The lowest BCUT2D eigenvalue weighted by atomic mass is 9.97. The van der Waals surface area contributed by atoms with Gasteiger partial charge in [-0.25, -0.2) is 4.98 Å². The molecule has 126 valence electrons. The maximum atomic E-state index is 5.69. The van der Waals surface area contributed by atoms with Crippen molar-refractivity contribution in [2.24, 2.45) is 0 Å². The van der Waals surface area contributed by atoms with Gasteiger partial charge in [-0.2, -0.15) is 0 Å². The van der Waals surface area contributed by atoms with Crippen LogP contribution in [0.2, 0.25) is 0 Å². The zero-order valence-electron chi connectivity index (χ0n) is 14.2. The van der Waals surface area contributed by atoms with Gasteiger partial charge in [0, 0.05) is 22.2 Å². The molecule has 0 amide bonds. The van der Waals surface area contributed by atoms with E-state index in [4.69, 9.17) is 4.42 Å². The average Bonchev–Trinajstić information content (AvgIpc) is 3.16. The van der Waals surface area contributed by atoms with Gasteiger partial charge < -0.3 is 9.73 Å². The van der Waals surface area contributed by atoms with Gasteiger partial charge in [-0.05, 0) is 18.6 Å². The van der Waals surface area contributed by atoms with E-state index < -0.39 is 0 Å². The lowest BCUT2D eigenvalue weighted by Gasteiger charge is -2.10. The summed E-state index contributed by atoms with van der Waals surface area (Å²) in [6.45, 7) is 8.24. The van der Waals surface area contributed by atoms with Gasteiger partial charge in [-0.3, -0.25) is 0 Å². The highest BCUT2D eigenvalue weighted by molar-refractivity contribution is 7.98. The minimum atomic E-state index is -0.128. The number of nitrogens with zero attached hydrogens (tertiary/aromatic N) is 3. The molecule has 0 fully saturated rings. The Morgan fingerprint density at radius 1 is 1.21 bits per heavy atom. The molecule has 3 rings (SSSR count). The van der Waals surface area contributed by atoms with Gasteiger partial charge >= 0.3 is 0 Å². The second-order valence-electron chi connectivity index (χ2n) is 6.50. The van der Waals surface area contributed by atoms with Gasteiger partial charge in [-0.1, -0.05) is 50.7 Å². The zero-order valence-corrected chi connectivity index (χ0v) is 15.8. The Hall–Kier alpha value is -1.86. The molecule has 1 aromatic carbocycles. The van der Waals surface area contributed by atoms with Crippen LogP contribution in [0.25, 0.3) is 0 Å². The van der Waals surface area contributed by atoms with Crippen molar-refractivity contribution in [1.82, 2.24) is 15.2 Å². The summed E-state index contributed by atoms with van der Waals surface area (Å²) in [6, 6.07) is 8.18. The molecule has 24 heavy (non-hydrogen) atoms. The van der Waals surface area contributed by atoms with E-state index in [-0.39, 0.29) is 5.41 Å². The summed E-state index contributed by atoms with van der Waals surface area (Å²) in [5, 5.41) is 15.1. The molecule has 0 radical (unpaired) electrons. The molecule has 2 aromatic heterocycles. The molecule has 1 N–H and O–H groups in total. The Balaban J connectivity index is 1.60. The van der Waals surface area contributed by atoms with Crippen LogP contribution in [0.3, 0.4) is 0 Å². The normalized spacial score (nSPS) is 11.7. The minimum absolute atomic E-state index is 0.128. The fourth-order valence-electron chi connectivity index (χ4n) is 1.97. The topological polar surface area (TPSA) is 63.8 Å². The molecular formula is C17H20N4OS2. The summed E-state index contributed by atoms with van der Waals surface area (Å²) < 4.78 is 5.69. The van der Waals surface area contributed by atoms with Crippen molar-refractivity contribution in [1.29, 1.82) is 0 Å². The van der Waals surface area contributed by atoms with E-state index in [2.05, 4.69) is 65.7 Å². The monoisotopic (exact) mass is 360 g/mol. The number of aryl methyl sites for hydroxylation is 1. The van der Waals surface area contributed by atoms with Crippen LogP contribution in [0, 0.1) is 6.92 Å². The largest absolute Gasteiger partial charge is 0.415 e. The Morgan fingerprint density at radius 3 is 2.71 bits per heavy atom. The van der Waals surface area contributed by atoms with Crippen molar-refractivity contribution < 1.29 is 4.42 Å². The molecule has 0 saturated carbocycles. The van der Waals surface area contributed by atoms with E-state index in [9.17, 15) is 0 Å². The SMILES string of the molecule is Cc1ccccc1Nc1nc(CSc2nnc(C(C)(C)C)o2)cs1. The van der Waals surface area contributed by atoms with Crippen molar-refractivity contribution in [3.8, 4) is 0 Å². The first-order valence-electron chi connectivity index (χ1n) is 7.65. The molecule has 0 atom stereocenters. The first-order chi connectivity index (χ1) is 11.4. The van der Waals surface area contributed by atoms with E-state index in [1.807, 2.05) is 12.1 Å². The molecular weight excluding hydrogens is 340 g/mol. The van der Waals surface area contributed by atoms with Crippen LogP contribution in [-0.2, 0) is 11.2 Å². The smallest absolute Gasteiger partial charge is 0.276 e. The average molecular weight is 361 g/mol. The number of thiazole rings is 1. The van der Waals surface area contributed by atoms with Gasteiger partial charge in [0.1, 0.15) is 0 Å². The quantitative estimate of drug-likeness (QED) is 0.633. The number of nitrogens with one attached hydrogen (secondary N) is 1. The number of thioether (sulfide) groups is 1. The van der Waals surface area contributed by atoms with Crippen LogP contribution in [0.15, 0.2) is 39.3 Å². The Labute approximate surface area is 149 Å². The summed E-state index contributed by atoms with van der Waals surface area (Å²) in [5.74, 6) is 1.36. The fraction of sp³-hybridized carbons (Fsp3) is 0.353. The summed E-state index contributed by atoms with van der Waals surface area (Å²) in [4.78, 5) is 4.61. The summed E-state index contributed by atoms with van der Waals surface area (Å²) in [7, 11) is 0. The zero-order chi connectivity index (χ0) is 17.2. The van der Waals surface area contributed by atoms with Crippen molar-refractivity contribution in [3.05, 3.63) is 46.8 Å². The molecule has 5 nitrogen and oxygen atoms in total. The molecule has 2 heterocycles. The second-order valence-corrected chi connectivity index (χ2v) is 8.28. The highest BCUT2D eigenvalue weighted by Gasteiger charge is 2.21. The molecule has 0 spiro atoms. The summed E-state index contributed by atoms with van der Waals surface area (Å²) in [6.07, 6.45) is 0. The first kappa shape index (κ1) is 17.0. The third kappa shape index (κ3) is 4.15. The van der Waals surface area contributed by atoms with Crippen molar-refractivity contribution >= 4 is 33.9 Å². The Bertz CT molecular complexity index is 820. The van der Waals surface area contributed by atoms with E-state index in [1.165, 1.54) is 17.3 Å². The number of anilines is 2. The predicted octanol–water partition coefficient (Wildman–Crippen LogP) is 5.17. The maximum absolute atomic E-state index is 5.69. The standard InChI is InChI=1S/C17H20N4OS2/c1-11-7-5-6-8-13(11)19-15-18-12(9-23-15)10-24-16-21-20-14(22-16)17(2,3)4/h5-9H,10H2,1-4H3,(H,18,19). The van der Waals surface area contributed by atoms with Crippen LogP contribution in [-0.4, -0.2) is 15.2 Å². The number of para-hydroxylation sites is 1. The molecule has 3 aromatic rings. The van der Waals surface area contributed by atoms with Crippen LogP contribution in [0.4, 0.5) is 10.8 Å². The van der Waals surface area contributed by atoms with Gasteiger partial charge in [0.25, 0.3) is 5.22 Å². The van der Waals surface area contributed by atoms with Crippen molar-refractivity contribution in [2.75, 3.05) is 5.32 Å². The lowest BCUT2D eigenvalue weighted by Crippen LogP contribution is -2.11. The van der Waals surface area contributed by atoms with Crippen LogP contribution in [0.5, 0.6) is 0 Å². The highest BCUT2D eigenvalue weighted by atomic mass is 32.2. The molecule has 0 bridgehead atoms. The third-order valence-corrected chi connectivity index (χ3v) is 4.99. The van der Waals surface area contributed by atoms with Crippen molar-refractivity contribution in [2.45, 2.75) is 44.1 Å². The Kier molecular flexibility index (Phi) is 4.91. The highest BCUT2D eigenvalue weighted by Crippen LogP contribution is 2.29. The number of benzene rings is 1. The minimum Gasteiger partial charge on any atom is -0.415 e. The van der Waals surface area contributed by atoms with Gasteiger partial charge in [0.05, 0.1) is 5.69 Å². The fourth-order valence-corrected chi connectivity index (χ4v) is 3.45. The lowest BCUT2D eigenvalue weighted by molar-refractivity contribution is 0.347. The number of aromatic nitrogens is 3. The van der Waals surface area contributed by atoms with E-state index in [0.717, 1.165) is 16.5 Å². The predicted molar refractivity (Wildman–Crippen MR) is 99.1 cm³/mol. The van der Waals surface area contributed by atoms with Crippen LogP contribution >= 0.6 is 23.1 Å². The first-order valence-corrected chi connectivity index (χ1v) is 9.52. The van der Waals surface area contributed by atoms with Crippen LogP contribution in [0.1, 0.15) is 37.9 Å². The molecule has 0 unspecified atom stereocenters. The summed E-state index contributed by atoms with van der Waals surface area (Å²) in [5.41, 5.74) is 3.15. The molecule has 0 aliphatic carbocycles. The molecule has 0 aliphatic heterocycles. The van der Waals surface area contributed by atoms with E-state index in [1.54, 1.807) is 11.3 Å². The van der Waals surface area contributed by atoms with Crippen LogP contribution < -0.4 is 5.32 Å². The number of hydrogen-bond acceptors (Lipinski definition) is 7. The van der Waals surface area contributed by atoms with Gasteiger partial charge in [-0.15, -0.1) is 21.5 Å². The van der Waals surface area contributed by atoms with Crippen molar-refractivity contribution in [3.63, 3.8) is 0 Å². The number of hydrogen-bond donors (Lipinski definition) is 1. The second kappa shape index (κ2) is 6.94. The molecule has 0 aliphatic rings. The van der Waals surface area contributed by atoms with Gasteiger partial charge in [0.15, 0.2) is 5.13 Å². The van der Waals surface area contributed by atoms with Gasteiger partial charge in [0.2, 0.25) is 5.89 Å². The van der Waals surface area contributed by atoms with E-state index >= 15 is 0 Å². The third-order valence-electron chi connectivity index (χ3n) is 3.33. The molecule has 0 saturated heterocycles. The molecule has 7 heteroatoms. The summed E-state index contributed by atoms with van der Waals surface area (Å²) >= 11 is 3.10. The maximum Gasteiger partial charge on any atom is 0.276 e. The van der Waals surface area contributed by atoms with E-state index in [0.29, 0.717) is 16.9 Å². The Morgan fingerprint density at radius 2 is 2.00 bits per heavy atom. The number of rotatable bonds is 5.